The number of nitrogens with zero attached hydrogens (tertiary/aromatic N) is 2. The van der Waals surface area contributed by atoms with Gasteiger partial charge in [-0.15, -0.1) is 0 Å². The van der Waals surface area contributed by atoms with E-state index in [0.717, 1.165) is 27.8 Å². The third-order valence-corrected chi connectivity index (χ3v) is 6.20. The van der Waals surface area contributed by atoms with E-state index in [1.54, 1.807) is 47.3 Å². The van der Waals surface area contributed by atoms with Crippen LogP contribution in [0.4, 0.5) is 10.1 Å². The van der Waals surface area contributed by atoms with Crippen LogP contribution in [0.5, 0.6) is 0 Å². The summed E-state index contributed by atoms with van der Waals surface area (Å²) in [6.07, 6.45) is 2.26. The van der Waals surface area contributed by atoms with E-state index >= 15 is 0 Å². The van der Waals surface area contributed by atoms with Crippen molar-refractivity contribution in [3.63, 3.8) is 0 Å². The number of fused-ring (bicyclic) bond motifs is 1. The predicted octanol–water partition coefficient (Wildman–Crippen LogP) is 4.68. The molecule has 0 amide bonds. The zero-order valence-corrected chi connectivity index (χ0v) is 17.8. The van der Waals surface area contributed by atoms with Crippen molar-refractivity contribution < 1.29 is 17.0 Å². The molecule has 0 atom stereocenters. The average molecular weight is 440 g/mol. The van der Waals surface area contributed by atoms with Gasteiger partial charge < -0.3 is 5.32 Å². The molecule has 1 aromatic heterocycles. The van der Waals surface area contributed by atoms with Crippen LogP contribution in [0.3, 0.4) is 0 Å². The molecule has 1 N–H and O–H groups in total. The highest BCUT2D eigenvalue weighted by Crippen LogP contribution is 2.25. The molecule has 0 unspecified atom stereocenters. The minimum atomic E-state index is -3.76. The van der Waals surface area contributed by atoms with Crippen LogP contribution in [-0.4, -0.2) is 31.3 Å². The first-order chi connectivity index (χ1) is 14.9. The van der Waals surface area contributed by atoms with Crippen LogP contribution in [0.25, 0.3) is 16.6 Å². The number of hydrogen-bond donors (Lipinski definition) is 1. The Kier molecular flexibility index (Phi) is 6.01. The smallest absolute Gasteiger partial charge is 0.296 e. The van der Waals surface area contributed by atoms with Crippen LogP contribution in [0, 0.1) is 12.7 Å². The Labute approximate surface area is 180 Å². The molecule has 0 fully saturated rings. The lowest BCUT2D eigenvalue weighted by atomic mass is 10.2. The molecule has 8 heteroatoms. The fourth-order valence-corrected chi connectivity index (χ4v) is 4.17. The molecule has 31 heavy (non-hydrogen) atoms. The van der Waals surface area contributed by atoms with E-state index in [1.807, 2.05) is 25.1 Å². The fourth-order valence-electron chi connectivity index (χ4n) is 3.23. The summed E-state index contributed by atoms with van der Waals surface area (Å²) in [5.41, 5.74) is 3.52. The molecule has 0 saturated carbocycles. The summed E-state index contributed by atoms with van der Waals surface area (Å²) in [5.74, 6) is -0.297. The summed E-state index contributed by atoms with van der Waals surface area (Å²) in [4.78, 5) is 0.157. The maximum absolute atomic E-state index is 13.2. The van der Waals surface area contributed by atoms with Crippen LogP contribution >= 0.6 is 0 Å². The molecule has 0 radical (unpaired) electrons. The van der Waals surface area contributed by atoms with E-state index in [4.69, 9.17) is 4.18 Å². The minimum absolute atomic E-state index is 0.0774. The van der Waals surface area contributed by atoms with Crippen LogP contribution in [0.1, 0.15) is 12.0 Å². The number of nitrogens with one attached hydrogen (secondary N) is 1. The molecule has 0 aliphatic rings. The van der Waals surface area contributed by atoms with Gasteiger partial charge in [0.15, 0.2) is 0 Å². The highest BCUT2D eigenvalue weighted by Gasteiger charge is 2.14. The minimum Gasteiger partial charge on any atom is -0.384 e. The number of aromatic nitrogens is 2. The van der Waals surface area contributed by atoms with Gasteiger partial charge in [0.05, 0.1) is 28.9 Å². The molecule has 4 rings (SSSR count). The lowest BCUT2D eigenvalue weighted by Gasteiger charge is -2.09. The van der Waals surface area contributed by atoms with E-state index in [2.05, 4.69) is 10.4 Å². The van der Waals surface area contributed by atoms with E-state index in [-0.39, 0.29) is 17.3 Å². The molecule has 0 saturated heterocycles. The van der Waals surface area contributed by atoms with Gasteiger partial charge in [-0.05, 0) is 61.9 Å². The molecule has 0 aliphatic heterocycles. The van der Waals surface area contributed by atoms with Crippen LogP contribution in [0.2, 0.25) is 0 Å². The van der Waals surface area contributed by atoms with Crippen LogP contribution in [0.15, 0.2) is 77.8 Å². The van der Waals surface area contributed by atoms with Crippen molar-refractivity contribution in [1.29, 1.82) is 0 Å². The summed E-state index contributed by atoms with van der Waals surface area (Å²) in [6.45, 7) is 2.51. The van der Waals surface area contributed by atoms with Gasteiger partial charge in [-0.25, -0.2) is 9.07 Å². The van der Waals surface area contributed by atoms with E-state index in [0.29, 0.717) is 13.0 Å². The van der Waals surface area contributed by atoms with Gasteiger partial charge in [0.25, 0.3) is 10.1 Å². The Balaban J connectivity index is 1.37. The van der Waals surface area contributed by atoms with Crippen molar-refractivity contribution in [3.8, 4) is 5.69 Å². The lowest BCUT2D eigenvalue weighted by Crippen LogP contribution is -2.11. The second-order valence-corrected chi connectivity index (χ2v) is 8.76. The Bertz CT molecular complexity index is 1280. The fraction of sp³-hybridized carbons (Fsp3) is 0.174. The molecule has 6 nitrogen and oxygen atoms in total. The van der Waals surface area contributed by atoms with Gasteiger partial charge in [0.2, 0.25) is 0 Å². The quantitative estimate of drug-likeness (QED) is 0.319. The van der Waals surface area contributed by atoms with Gasteiger partial charge in [-0.3, -0.25) is 4.18 Å². The summed E-state index contributed by atoms with van der Waals surface area (Å²) in [6, 6.07) is 18.5. The Morgan fingerprint density at radius 1 is 1.03 bits per heavy atom. The van der Waals surface area contributed by atoms with Gasteiger partial charge in [-0.1, -0.05) is 23.8 Å². The predicted molar refractivity (Wildman–Crippen MR) is 118 cm³/mol. The van der Waals surface area contributed by atoms with Gasteiger partial charge in [0, 0.05) is 17.6 Å². The second kappa shape index (κ2) is 8.87. The van der Waals surface area contributed by atoms with E-state index in [9.17, 15) is 12.8 Å². The van der Waals surface area contributed by atoms with E-state index in [1.165, 1.54) is 12.1 Å². The summed E-state index contributed by atoms with van der Waals surface area (Å²) < 4.78 is 44.6. The molecule has 0 bridgehead atoms. The number of halogens is 1. The Hall–Kier alpha value is -3.23. The highest BCUT2D eigenvalue weighted by molar-refractivity contribution is 7.86. The third-order valence-electron chi connectivity index (χ3n) is 4.87. The van der Waals surface area contributed by atoms with Crippen LogP contribution in [-0.2, 0) is 14.3 Å². The summed E-state index contributed by atoms with van der Waals surface area (Å²) >= 11 is 0. The number of hydrogen-bond acceptors (Lipinski definition) is 5. The summed E-state index contributed by atoms with van der Waals surface area (Å²) in [5, 5.41) is 8.65. The van der Waals surface area contributed by atoms with Gasteiger partial charge in [0.1, 0.15) is 5.82 Å². The molecular weight excluding hydrogens is 417 g/mol. The SMILES string of the molecule is Cc1ccc(S(=O)(=O)OCCCNc2cccc3c2cnn3-c2ccc(F)cc2)cc1. The molecule has 0 spiro atoms. The first kappa shape index (κ1) is 21.0. The first-order valence-electron chi connectivity index (χ1n) is 9.87. The standard InChI is InChI=1S/C23H22FN3O3S/c1-17-6-12-20(13-7-17)31(28,29)30-15-3-14-25-22-4-2-5-23-21(22)16-26-27(23)19-10-8-18(24)9-11-19/h2,4-13,16,25H,3,14-15H2,1H3. The first-order valence-corrected chi connectivity index (χ1v) is 11.3. The lowest BCUT2D eigenvalue weighted by molar-refractivity contribution is 0.316. The zero-order valence-electron chi connectivity index (χ0n) is 17.0. The Morgan fingerprint density at radius 2 is 1.77 bits per heavy atom. The maximum atomic E-state index is 13.2. The zero-order chi connectivity index (χ0) is 21.8. The third kappa shape index (κ3) is 4.76. The second-order valence-electron chi connectivity index (χ2n) is 7.14. The maximum Gasteiger partial charge on any atom is 0.296 e. The molecule has 4 aromatic rings. The van der Waals surface area contributed by atoms with Gasteiger partial charge in [-0.2, -0.15) is 13.5 Å². The monoisotopic (exact) mass is 439 g/mol. The largest absolute Gasteiger partial charge is 0.384 e. The number of anilines is 1. The van der Waals surface area contributed by atoms with Crippen molar-refractivity contribution in [1.82, 2.24) is 9.78 Å². The van der Waals surface area contributed by atoms with E-state index < -0.39 is 10.1 Å². The van der Waals surface area contributed by atoms with Crippen molar-refractivity contribution >= 4 is 26.7 Å². The number of rotatable bonds is 8. The molecule has 3 aromatic carbocycles. The molecule has 0 aliphatic carbocycles. The molecular formula is C23H22FN3O3S. The highest BCUT2D eigenvalue weighted by atomic mass is 32.2. The van der Waals surface area contributed by atoms with Crippen LogP contribution < -0.4 is 5.32 Å². The van der Waals surface area contributed by atoms with Crippen molar-refractivity contribution in [2.45, 2.75) is 18.2 Å². The molecule has 1 heterocycles. The van der Waals surface area contributed by atoms with Crippen molar-refractivity contribution in [2.75, 3.05) is 18.5 Å². The topological polar surface area (TPSA) is 73.2 Å². The normalized spacial score (nSPS) is 11.7. The number of aryl methyl sites for hydroxylation is 1. The number of benzene rings is 3. The van der Waals surface area contributed by atoms with Crippen molar-refractivity contribution in [2.24, 2.45) is 0 Å². The summed E-state index contributed by atoms with van der Waals surface area (Å²) in [7, 11) is -3.76. The molecule has 160 valence electrons. The van der Waals surface area contributed by atoms with Gasteiger partial charge >= 0.3 is 0 Å². The Morgan fingerprint density at radius 3 is 2.52 bits per heavy atom. The van der Waals surface area contributed by atoms with Crippen molar-refractivity contribution in [3.05, 3.63) is 84.3 Å². The average Bonchev–Trinajstić information content (AvgIpc) is 3.19.